The Bertz CT molecular complexity index is 958. The van der Waals surface area contributed by atoms with Crippen LogP contribution in [0.15, 0.2) is 42.6 Å². The number of nitrogens with zero attached hydrogens (tertiary/aromatic N) is 3. The Kier molecular flexibility index (Phi) is 4.36. The zero-order valence-electron chi connectivity index (χ0n) is 15.4. The van der Waals surface area contributed by atoms with E-state index < -0.39 is 23.7 Å². The van der Waals surface area contributed by atoms with Crippen LogP contribution in [-0.4, -0.2) is 40.8 Å². The van der Waals surface area contributed by atoms with Gasteiger partial charge < -0.3 is 15.0 Å². The maximum Gasteiger partial charge on any atom is 0.573 e. The van der Waals surface area contributed by atoms with Crippen molar-refractivity contribution in [1.29, 1.82) is 0 Å². The van der Waals surface area contributed by atoms with Gasteiger partial charge in [-0.2, -0.15) is 0 Å². The molecule has 1 spiro atoms. The van der Waals surface area contributed by atoms with Crippen LogP contribution in [0.3, 0.4) is 0 Å². The van der Waals surface area contributed by atoms with Gasteiger partial charge in [-0.05, 0) is 54.8 Å². The van der Waals surface area contributed by atoms with Crippen LogP contribution in [0.5, 0.6) is 5.75 Å². The molecule has 0 atom stereocenters. The molecule has 0 bridgehead atoms. The van der Waals surface area contributed by atoms with Gasteiger partial charge in [0.1, 0.15) is 17.1 Å². The second-order valence-electron chi connectivity index (χ2n) is 6.88. The first-order chi connectivity index (χ1) is 13.7. The fraction of sp³-hybridized carbons (Fsp3) is 0.316. The molecule has 1 aromatic heterocycles. The van der Waals surface area contributed by atoms with Crippen molar-refractivity contribution in [3.8, 4) is 5.75 Å². The molecule has 1 saturated carbocycles. The number of urea groups is 1. The normalized spacial score (nSPS) is 17.8. The van der Waals surface area contributed by atoms with E-state index in [9.17, 15) is 22.8 Å². The van der Waals surface area contributed by atoms with E-state index >= 15 is 0 Å². The molecule has 2 aliphatic rings. The van der Waals surface area contributed by atoms with E-state index in [2.05, 4.69) is 15.0 Å². The molecule has 7 nitrogen and oxygen atoms in total. The average molecular weight is 406 g/mol. The lowest BCUT2D eigenvalue weighted by Gasteiger charge is -2.21. The molecule has 2 fully saturated rings. The molecule has 0 unspecified atom stereocenters. The molecule has 10 heteroatoms. The Balaban J connectivity index is 1.58. The number of benzene rings is 1. The van der Waals surface area contributed by atoms with Gasteiger partial charge in [0.2, 0.25) is 0 Å². The lowest BCUT2D eigenvalue weighted by Crippen LogP contribution is -2.36. The smallest absolute Gasteiger partial charge is 0.406 e. The topological polar surface area (TPSA) is 74.8 Å². The summed E-state index contributed by atoms with van der Waals surface area (Å²) in [4.78, 5) is 32.7. The quantitative estimate of drug-likeness (QED) is 0.769. The van der Waals surface area contributed by atoms with E-state index in [1.807, 2.05) is 0 Å². The second-order valence-corrected chi connectivity index (χ2v) is 6.88. The van der Waals surface area contributed by atoms with Crippen molar-refractivity contribution in [3.63, 3.8) is 0 Å². The number of ether oxygens (including phenoxy) is 1. The molecule has 2 heterocycles. The molecule has 1 aliphatic carbocycles. The Morgan fingerprint density at radius 1 is 1.17 bits per heavy atom. The summed E-state index contributed by atoms with van der Waals surface area (Å²) in [7, 11) is 1.73. The number of hydrogen-bond acceptors (Lipinski definition) is 5. The van der Waals surface area contributed by atoms with Crippen molar-refractivity contribution in [2.45, 2.75) is 31.3 Å². The highest BCUT2D eigenvalue weighted by molar-refractivity contribution is 6.24. The number of carbonyl (C=O) groups excluding carboxylic acids is 2. The number of halogens is 3. The number of imide groups is 1. The van der Waals surface area contributed by atoms with Crippen LogP contribution in [0.1, 0.15) is 18.4 Å². The molecule has 1 saturated heterocycles. The lowest BCUT2D eigenvalue weighted by atomic mass is 10.2. The molecule has 2 aromatic rings. The number of nitrogens with one attached hydrogen (secondary N) is 1. The third-order valence-electron chi connectivity index (χ3n) is 5.01. The SMILES string of the molecule is CNc1cc(CN2C(=O)N(c3ccc(OC(F)(F)F)cc3)C(=O)C23CC3)ccn1. The molecule has 1 aliphatic heterocycles. The number of pyridine rings is 1. The van der Waals surface area contributed by atoms with Crippen molar-refractivity contribution < 1.29 is 27.5 Å². The van der Waals surface area contributed by atoms with Gasteiger partial charge in [-0.3, -0.25) is 4.79 Å². The van der Waals surface area contributed by atoms with Gasteiger partial charge in [0, 0.05) is 19.8 Å². The van der Waals surface area contributed by atoms with E-state index in [0.29, 0.717) is 18.7 Å². The Hall–Kier alpha value is -3.30. The number of alkyl halides is 3. The maximum atomic E-state index is 13.0. The average Bonchev–Trinajstić information content (AvgIpc) is 3.45. The number of anilines is 2. The summed E-state index contributed by atoms with van der Waals surface area (Å²) in [5.74, 6) is -0.146. The highest BCUT2D eigenvalue weighted by atomic mass is 19.4. The highest BCUT2D eigenvalue weighted by Gasteiger charge is 2.65. The molecule has 29 heavy (non-hydrogen) atoms. The zero-order chi connectivity index (χ0) is 20.8. The number of aromatic nitrogens is 1. The Morgan fingerprint density at radius 3 is 2.45 bits per heavy atom. The molecular formula is C19H17F3N4O3. The van der Waals surface area contributed by atoms with E-state index in [0.717, 1.165) is 22.6 Å². The second kappa shape index (κ2) is 6.64. The number of rotatable bonds is 5. The molecule has 4 rings (SSSR count). The van der Waals surface area contributed by atoms with Crippen LogP contribution in [0, 0.1) is 0 Å². The third kappa shape index (κ3) is 3.45. The minimum Gasteiger partial charge on any atom is -0.406 e. The summed E-state index contributed by atoms with van der Waals surface area (Å²) in [5, 5.41) is 2.92. The van der Waals surface area contributed by atoms with Crippen molar-refractivity contribution in [3.05, 3.63) is 48.2 Å². The van der Waals surface area contributed by atoms with Crippen LogP contribution < -0.4 is 15.0 Å². The zero-order valence-corrected chi connectivity index (χ0v) is 15.4. The molecule has 0 radical (unpaired) electrons. The summed E-state index contributed by atoms with van der Waals surface area (Å²) in [6, 6.07) is 7.74. The number of amides is 3. The molecular weight excluding hydrogens is 389 g/mol. The fourth-order valence-electron chi connectivity index (χ4n) is 3.45. The first-order valence-electron chi connectivity index (χ1n) is 8.88. The minimum absolute atomic E-state index is 0.203. The van der Waals surface area contributed by atoms with Crippen LogP contribution in [0.4, 0.5) is 29.5 Å². The number of hydrogen-bond donors (Lipinski definition) is 1. The summed E-state index contributed by atoms with van der Waals surface area (Å²) in [6.07, 6.45) is -2.10. The van der Waals surface area contributed by atoms with Gasteiger partial charge in [0.05, 0.1) is 5.69 Å². The van der Waals surface area contributed by atoms with Crippen molar-refractivity contribution >= 4 is 23.4 Å². The summed E-state index contributed by atoms with van der Waals surface area (Å²) < 4.78 is 40.8. The van der Waals surface area contributed by atoms with Crippen LogP contribution in [0.25, 0.3) is 0 Å². The summed E-state index contributed by atoms with van der Waals surface area (Å²) >= 11 is 0. The monoisotopic (exact) mass is 406 g/mol. The molecule has 1 N–H and O–H groups in total. The minimum atomic E-state index is -4.81. The van der Waals surface area contributed by atoms with Gasteiger partial charge in [0.15, 0.2) is 0 Å². The standard InChI is InChI=1S/C19H17F3N4O3/c1-23-15-10-12(6-9-24-15)11-25-17(28)26(16(27)18(25)7-8-18)13-2-4-14(5-3-13)29-19(20,21)22/h2-6,9-10H,7-8,11H2,1H3,(H,23,24). The van der Waals surface area contributed by atoms with Gasteiger partial charge in [-0.1, -0.05) is 0 Å². The first-order valence-corrected chi connectivity index (χ1v) is 8.88. The Morgan fingerprint density at radius 2 is 1.86 bits per heavy atom. The third-order valence-corrected chi connectivity index (χ3v) is 5.01. The van der Waals surface area contributed by atoms with Gasteiger partial charge in [-0.25, -0.2) is 14.7 Å². The van der Waals surface area contributed by atoms with Gasteiger partial charge in [-0.15, -0.1) is 13.2 Å². The predicted octanol–water partition coefficient (Wildman–Crippen LogP) is 3.52. The lowest BCUT2D eigenvalue weighted by molar-refractivity contribution is -0.274. The highest BCUT2D eigenvalue weighted by Crippen LogP contribution is 2.49. The van der Waals surface area contributed by atoms with Crippen LogP contribution in [0.2, 0.25) is 0 Å². The largest absolute Gasteiger partial charge is 0.573 e. The molecule has 152 valence electrons. The van der Waals surface area contributed by atoms with E-state index in [1.165, 1.54) is 17.0 Å². The van der Waals surface area contributed by atoms with Crippen LogP contribution in [-0.2, 0) is 11.3 Å². The van der Waals surface area contributed by atoms with Crippen molar-refractivity contribution in [1.82, 2.24) is 9.88 Å². The summed E-state index contributed by atoms with van der Waals surface area (Å²) in [6.45, 7) is 0.230. The number of carbonyl (C=O) groups is 2. The fourth-order valence-corrected chi connectivity index (χ4v) is 3.45. The van der Waals surface area contributed by atoms with Crippen molar-refractivity contribution in [2.24, 2.45) is 0 Å². The van der Waals surface area contributed by atoms with E-state index in [1.54, 1.807) is 25.4 Å². The van der Waals surface area contributed by atoms with Gasteiger partial charge >= 0.3 is 12.4 Å². The maximum absolute atomic E-state index is 13.0. The molecule has 3 amide bonds. The van der Waals surface area contributed by atoms with E-state index in [4.69, 9.17) is 0 Å². The van der Waals surface area contributed by atoms with Crippen molar-refractivity contribution in [2.75, 3.05) is 17.3 Å². The summed E-state index contributed by atoms with van der Waals surface area (Å²) in [5.41, 5.74) is 0.128. The first kappa shape index (κ1) is 19.0. The molecule has 1 aromatic carbocycles. The van der Waals surface area contributed by atoms with Crippen LogP contribution >= 0.6 is 0 Å². The predicted molar refractivity (Wildman–Crippen MR) is 97.3 cm³/mol. The Labute approximate surface area is 164 Å². The van der Waals surface area contributed by atoms with Gasteiger partial charge in [0.25, 0.3) is 5.91 Å². The van der Waals surface area contributed by atoms with E-state index in [-0.39, 0.29) is 18.1 Å².